The Labute approximate surface area is 190 Å². The fourth-order valence-corrected chi connectivity index (χ4v) is 2.85. The van der Waals surface area contributed by atoms with Gasteiger partial charge in [0.15, 0.2) is 17.5 Å². The van der Waals surface area contributed by atoms with Crippen molar-refractivity contribution in [2.75, 3.05) is 54.3 Å². The van der Waals surface area contributed by atoms with E-state index in [1.165, 1.54) is 5.56 Å². The fourth-order valence-electron chi connectivity index (χ4n) is 2.85. The molecule has 0 aliphatic rings. The predicted molar refractivity (Wildman–Crippen MR) is 129 cm³/mol. The van der Waals surface area contributed by atoms with Crippen LogP contribution in [-0.2, 0) is 0 Å². The van der Waals surface area contributed by atoms with Gasteiger partial charge in [0.25, 0.3) is 0 Å². The zero-order valence-electron chi connectivity index (χ0n) is 17.9. The van der Waals surface area contributed by atoms with Crippen molar-refractivity contribution in [2.24, 2.45) is 4.99 Å². The molecule has 7 nitrogen and oxygen atoms in total. The third-order valence-corrected chi connectivity index (χ3v) is 4.46. The Morgan fingerprint density at radius 1 is 0.966 bits per heavy atom. The Balaban J connectivity index is 0.00000420. The molecule has 1 atom stereocenters. The molecule has 0 heterocycles. The van der Waals surface area contributed by atoms with Crippen LogP contribution in [0.3, 0.4) is 0 Å². The first-order chi connectivity index (χ1) is 13.5. The highest BCUT2D eigenvalue weighted by molar-refractivity contribution is 14.0. The summed E-state index contributed by atoms with van der Waals surface area (Å²) in [6, 6.07) is 13.9. The van der Waals surface area contributed by atoms with E-state index in [1.54, 1.807) is 28.4 Å². The maximum atomic E-state index is 5.36. The Hall–Kier alpha value is -2.20. The quantitative estimate of drug-likeness (QED) is 0.319. The Morgan fingerprint density at radius 2 is 1.62 bits per heavy atom. The van der Waals surface area contributed by atoms with Crippen LogP contribution in [0.15, 0.2) is 47.5 Å². The SMILES string of the molecule is CN=C(NCC(c1ccc(OC)cc1)N(C)C)Nc1ccc(OC)c(OC)c1.I. The first kappa shape index (κ1) is 24.8. The summed E-state index contributed by atoms with van der Waals surface area (Å²) in [5, 5.41) is 6.67. The monoisotopic (exact) mass is 514 g/mol. The number of nitrogens with zero attached hydrogens (tertiary/aromatic N) is 2. The molecule has 0 saturated carbocycles. The van der Waals surface area contributed by atoms with Crippen molar-refractivity contribution in [1.29, 1.82) is 0 Å². The van der Waals surface area contributed by atoms with Crippen LogP contribution >= 0.6 is 24.0 Å². The lowest BCUT2D eigenvalue weighted by molar-refractivity contribution is 0.298. The molecular weight excluding hydrogens is 483 g/mol. The molecule has 0 aliphatic carbocycles. The summed E-state index contributed by atoms with van der Waals surface area (Å²) >= 11 is 0. The van der Waals surface area contributed by atoms with Gasteiger partial charge >= 0.3 is 0 Å². The van der Waals surface area contributed by atoms with Crippen LogP contribution in [0, 0.1) is 0 Å². The van der Waals surface area contributed by atoms with E-state index >= 15 is 0 Å². The third-order valence-electron chi connectivity index (χ3n) is 4.46. The lowest BCUT2D eigenvalue weighted by atomic mass is 10.1. The van der Waals surface area contributed by atoms with Crippen molar-refractivity contribution in [2.45, 2.75) is 6.04 Å². The molecule has 0 bridgehead atoms. The van der Waals surface area contributed by atoms with Gasteiger partial charge < -0.3 is 29.7 Å². The van der Waals surface area contributed by atoms with Crippen LogP contribution in [0.1, 0.15) is 11.6 Å². The minimum atomic E-state index is 0. The van der Waals surface area contributed by atoms with Gasteiger partial charge in [0, 0.05) is 25.3 Å². The number of likely N-dealkylation sites (N-methyl/N-ethyl adjacent to an activating group) is 1. The van der Waals surface area contributed by atoms with Gasteiger partial charge in [-0.25, -0.2) is 0 Å². The summed E-state index contributed by atoms with van der Waals surface area (Å²) in [6.07, 6.45) is 0. The molecule has 0 saturated heterocycles. The van der Waals surface area contributed by atoms with Gasteiger partial charge in [-0.15, -0.1) is 24.0 Å². The van der Waals surface area contributed by atoms with Crippen LogP contribution in [0.4, 0.5) is 5.69 Å². The second-order valence-corrected chi connectivity index (χ2v) is 6.40. The van der Waals surface area contributed by atoms with E-state index in [0.717, 1.165) is 11.4 Å². The largest absolute Gasteiger partial charge is 0.497 e. The topological polar surface area (TPSA) is 67.4 Å². The van der Waals surface area contributed by atoms with Crippen molar-refractivity contribution in [3.05, 3.63) is 48.0 Å². The molecule has 160 valence electrons. The number of benzene rings is 2. The number of nitrogens with one attached hydrogen (secondary N) is 2. The number of aliphatic imine (C=N–C) groups is 1. The van der Waals surface area contributed by atoms with E-state index in [-0.39, 0.29) is 30.0 Å². The first-order valence-corrected chi connectivity index (χ1v) is 9.02. The summed E-state index contributed by atoms with van der Waals surface area (Å²) in [5.74, 6) is 2.86. The molecule has 0 radical (unpaired) electrons. The summed E-state index contributed by atoms with van der Waals surface area (Å²) in [6.45, 7) is 0.687. The molecule has 0 spiro atoms. The van der Waals surface area contributed by atoms with Gasteiger partial charge in [0.05, 0.1) is 27.4 Å². The first-order valence-electron chi connectivity index (χ1n) is 9.02. The minimum absolute atomic E-state index is 0. The molecule has 0 amide bonds. The second kappa shape index (κ2) is 12.4. The van der Waals surface area contributed by atoms with Crippen LogP contribution < -0.4 is 24.8 Å². The van der Waals surface area contributed by atoms with Crippen LogP contribution in [-0.4, -0.2) is 59.9 Å². The summed E-state index contributed by atoms with van der Waals surface area (Å²) in [7, 11) is 10.8. The van der Waals surface area contributed by atoms with Crippen molar-refractivity contribution < 1.29 is 14.2 Å². The maximum Gasteiger partial charge on any atom is 0.195 e. The Morgan fingerprint density at radius 3 is 2.14 bits per heavy atom. The molecule has 0 fully saturated rings. The molecule has 0 aromatic heterocycles. The van der Waals surface area contributed by atoms with E-state index in [4.69, 9.17) is 14.2 Å². The molecular formula is C21H31IN4O3. The predicted octanol–water partition coefficient (Wildman–Crippen LogP) is 3.62. The lowest BCUT2D eigenvalue weighted by Crippen LogP contribution is -2.37. The third kappa shape index (κ3) is 6.97. The number of anilines is 1. The van der Waals surface area contributed by atoms with Gasteiger partial charge in [-0.05, 0) is 43.9 Å². The number of hydrogen-bond donors (Lipinski definition) is 2. The number of ether oxygens (including phenoxy) is 3. The van der Waals surface area contributed by atoms with E-state index < -0.39 is 0 Å². The van der Waals surface area contributed by atoms with Gasteiger partial charge in [-0.3, -0.25) is 4.99 Å². The van der Waals surface area contributed by atoms with Crippen molar-refractivity contribution in [1.82, 2.24) is 10.2 Å². The van der Waals surface area contributed by atoms with Crippen LogP contribution in [0.2, 0.25) is 0 Å². The summed E-state index contributed by atoms with van der Waals surface area (Å²) < 4.78 is 15.9. The maximum absolute atomic E-state index is 5.36. The van der Waals surface area contributed by atoms with Crippen LogP contribution in [0.25, 0.3) is 0 Å². The average molecular weight is 514 g/mol. The molecule has 1 unspecified atom stereocenters. The Kier molecular flexibility index (Phi) is 10.6. The molecule has 2 aromatic rings. The molecule has 2 aromatic carbocycles. The van der Waals surface area contributed by atoms with Gasteiger partial charge in [0.2, 0.25) is 0 Å². The number of methoxy groups -OCH3 is 3. The van der Waals surface area contributed by atoms with Crippen molar-refractivity contribution in [3.63, 3.8) is 0 Å². The number of guanidine groups is 1. The molecule has 2 N–H and O–H groups in total. The molecule has 29 heavy (non-hydrogen) atoms. The van der Waals surface area contributed by atoms with Gasteiger partial charge in [-0.1, -0.05) is 12.1 Å². The normalized spacial score (nSPS) is 12.0. The summed E-state index contributed by atoms with van der Waals surface area (Å²) in [4.78, 5) is 6.48. The highest BCUT2D eigenvalue weighted by atomic mass is 127. The zero-order chi connectivity index (χ0) is 20.5. The minimum Gasteiger partial charge on any atom is -0.497 e. The highest BCUT2D eigenvalue weighted by Gasteiger charge is 2.15. The Bertz CT molecular complexity index is 782. The highest BCUT2D eigenvalue weighted by Crippen LogP contribution is 2.29. The average Bonchev–Trinajstić information content (AvgIpc) is 2.73. The van der Waals surface area contributed by atoms with Gasteiger partial charge in [0.1, 0.15) is 5.75 Å². The van der Waals surface area contributed by atoms with E-state index in [9.17, 15) is 0 Å². The van der Waals surface area contributed by atoms with E-state index in [1.807, 2.05) is 30.3 Å². The molecule has 0 aliphatic heterocycles. The smallest absolute Gasteiger partial charge is 0.195 e. The van der Waals surface area contributed by atoms with Crippen LogP contribution in [0.5, 0.6) is 17.2 Å². The van der Waals surface area contributed by atoms with Crippen molar-refractivity contribution in [3.8, 4) is 17.2 Å². The van der Waals surface area contributed by atoms with Gasteiger partial charge in [-0.2, -0.15) is 0 Å². The number of rotatable bonds is 8. The lowest BCUT2D eigenvalue weighted by Gasteiger charge is -2.26. The second-order valence-electron chi connectivity index (χ2n) is 6.40. The summed E-state index contributed by atoms with van der Waals surface area (Å²) in [5.41, 5.74) is 2.05. The molecule has 2 rings (SSSR count). The number of halogens is 1. The number of hydrogen-bond acceptors (Lipinski definition) is 5. The fraction of sp³-hybridized carbons (Fsp3) is 0.381. The van der Waals surface area contributed by atoms with E-state index in [0.29, 0.717) is 24.0 Å². The molecule has 8 heteroatoms. The standard InChI is InChI=1S/C21H30N4O3.HI/c1-22-21(24-16-9-12-19(27-5)20(13-16)28-6)23-14-18(25(2)3)15-7-10-17(26-4)11-8-15;/h7-13,18H,14H2,1-6H3,(H2,22,23,24);1H. The van der Waals surface area contributed by atoms with E-state index in [2.05, 4.69) is 46.8 Å². The zero-order valence-corrected chi connectivity index (χ0v) is 20.2. The van der Waals surface area contributed by atoms with Crippen molar-refractivity contribution >= 4 is 35.6 Å².